The number of aromatic nitrogens is 2. The molecule has 8 nitrogen and oxygen atoms in total. The van der Waals surface area contributed by atoms with Gasteiger partial charge < -0.3 is 20.3 Å². The number of ether oxygens (including phenoxy) is 1. The summed E-state index contributed by atoms with van der Waals surface area (Å²) < 4.78 is 5.40. The minimum absolute atomic E-state index is 0.0689. The highest BCUT2D eigenvalue weighted by molar-refractivity contribution is 6.33. The van der Waals surface area contributed by atoms with Crippen LogP contribution in [0.5, 0.6) is 0 Å². The van der Waals surface area contributed by atoms with Crippen molar-refractivity contribution in [2.75, 3.05) is 25.1 Å². The summed E-state index contributed by atoms with van der Waals surface area (Å²) in [6.07, 6.45) is 4.39. The average Bonchev–Trinajstić information content (AvgIpc) is 3.39. The highest BCUT2D eigenvalue weighted by Gasteiger charge is 2.35. The molecule has 168 valence electrons. The van der Waals surface area contributed by atoms with Crippen molar-refractivity contribution in [3.8, 4) is 11.3 Å². The average molecular weight is 456 g/mol. The maximum atomic E-state index is 13.0. The van der Waals surface area contributed by atoms with Crippen molar-refractivity contribution in [3.05, 3.63) is 40.5 Å². The molecule has 1 aliphatic carbocycles. The number of carbonyl (C=O) groups excluding carboxylic acids is 2. The molecule has 1 aromatic heterocycles. The Balaban J connectivity index is 1.31. The number of carbonyl (C=O) groups is 2. The molecule has 1 aromatic carbocycles. The van der Waals surface area contributed by atoms with Crippen LogP contribution in [-0.4, -0.2) is 58.5 Å². The Kier molecular flexibility index (Phi) is 5.73. The molecule has 2 N–H and O–H groups in total. The lowest BCUT2D eigenvalue weighted by atomic mass is 10.0. The zero-order valence-electron chi connectivity index (χ0n) is 17.9. The molecular formula is C23H26ClN5O3. The first-order valence-corrected chi connectivity index (χ1v) is 11.4. The number of anilines is 1. The van der Waals surface area contributed by atoms with Gasteiger partial charge in [0.15, 0.2) is 0 Å². The highest BCUT2D eigenvalue weighted by Crippen LogP contribution is 2.32. The number of rotatable bonds is 6. The fraction of sp³-hybridized carbons (Fsp3) is 0.478. The number of nitrogens with zero attached hydrogens (tertiary/aromatic N) is 3. The van der Waals surface area contributed by atoms with E-state index in [1.807, 2.05) is 18.2 Å². The molecule has 0 bridgehead atoms. The SMILES string of the molecule is C[C@H]1C[C@@H]1NC(=O)CN1Cc2ccc(-c3nc(NC4CCOCC4)ncc3Cl)cc2C1=O. The monoisotopic (exact) mass is 455 g/mol. The maximum absolute atomic E-state index is 13.0. The number of fused-ring (bicyclic) bond motifs is 1. The molecule has 2 amide bonds. The van der Waals surface area contributed by atoms with E-state index in [0.29, 0.717) is 34.7 Å². The summed E-state index contributed by atoms with van der Waals surface area (Å²) in [5, 5.41) is 6.75. The van der Waals surface area contributed by atoms with E-state index in [2.05, 4.69) is 27.5 Å². The lowest BCUT2D eigenvalue weighted by Gasteiger charge is -2.23. The van der Waals surface area contributed by atoms with Crippen LogP contribution in [0.25, 0.3) is 11.3 Å². The summed E-state index contributed by atoms with van der Waals surface area (Å²) in [4.78, 5) is 35.7. The second-order valence-electron chi connectivity index (χ2n) is 8.84. The van der Waals surface area contributed by atoms with E-state index >= 15 is 0 Å². The number of nitrogens with one attached hydrogen (secondary N) is 2. The van der Waals surface area contributed by atoms with Gasteiger partial charge in [-0.15, -0.1) is 0 Å². The first-order valence-electron chi connectivity index (χ1n) is 11.1. The molecule has 1 saturated carbocycles. The molecule has 0 radical (unpaired) electrons. The van der Waals surface area contributed by atoms with Crippen molar-refractivity contribution in [1.82, 2.24) is 20.2 Å². The molecule has 32 heavy (non-hydrogen) atoms. The Bertz CT molecular complexity index is 1060. The topological polar surface area (TPSA) is 96.5 Å². The normalized spacial score (nSPS) is 22.6. The zero-order valence-corrected chi connectivity index (χ0v) is 18.7. The van der Waals surface area contributed by atoms with E-state index in [9.17, 15) is 9.59 Å². The van der Waals surface area contributed by atoms with Crippen LogP contribution >= 0.6 is 11.6 Å². The van der Waals surface area contributed by atoms with Crippen molar-refractivity contribution >= 4 is 29.4 Å². The smallest absolute Gasteiger partial charge is 0.254 e. The van der Waals surface area contributed by atoms with Crippen molar-refractivity contribution in [2.45, 2.75) is 44.8 Å². The van der Waals surface area contributed by atoms with Crippen LogP contribution in [-0.2, 0) is 16.1 Å². The lowest BCUT2D eigenvalue weighted by Crippen LogP contribution is -2.38. The number of halogens is 1. The molecule has 2 aliphatic heterocycles. The molecule has 9 heteroatoms. The molecule has 1 saturated heterocycles. The second-order valence-corrected chi connectivity index (χ2v) is 9.25. The third-order valence-corrected chi connectivity index (χ3v) is 6.63. The maximum Gasteiger partial charge on any atom is 0.254 e. The number of benzene rings is 1. The summed E-state index contributed by atoms with van der Waals surface area (Å²) in [5.41, 5.74) is 2.81. The predicted octanol–water partition coefficient (Wildman–Crippen LogP) is 2.87. The minimum atomic E-state index is -0.147. The van der Waals surface area contributed by atoms with Crippen LogP contribution in [0, 0.1) is 5.92 Å². The lowest BCUT2D eigenvalue weighted by molar-refractivity contribution is -0.122. The quantitative estimate of drug-likeness (QED) is 0.695. The first-order chi connectivity index (χ1) is 15.5. The standard InChI is InChI=1S/C23H26ClN5O3/c1-13-8-19(13)27-20(30)12-29-11-15-3-2-14(9-17(15)22(29)31)21-18(24)10-25-23(28-21)26-16-4-6-32-7-5-16/h2-3,9-10,13,16,19H,4-8,11-12H2,1H3,(H,27,30)(H,25,26,28)/t13-,19-/m0/s1. The van der Waals surface area contributed by atoms with Gasteiger partial charge in [0.25, 0.3) is 5.91 Å². The Morgan fingerprint density at radius 1 is 1.31 bits per heavy atom. The molecule has 0 spiro atoms. The minimum Gasteiger partial charge on any atom is -0.381 e. The van der Waals surface area contributed by atoms with Crippen molar-refractivity contribution in [3.63, 3.8) is 0 Å². The molecule has 2 atom stereocenters. The van der Waals surface area contributed by atoms with E-state index in [1.54, 1.807) is 11.1 Å². The molecule has 2 aromatic rings. The van der Waals surface area contributed by atoms with Crippen LogP contribution < -0.4 is 10.6 Å². The van der Waals surface area contributed by atoms with Gasteiger partial charge in [0.2, 0.25) is 11.9 Å². The van der Waals surface area contributed by atoms with Crippen LogP contribution in [0.3, 0.4) is 0 Å². The third-order valence-electron chi connectivity index (χ3n) is 6.35. The largest absolute Gasteiger partial charge is 0.381 e. The van der Waals surface area contributed by atoms with Gasteiger partial charge in [0.1, 0.15) is 6.54 Å². The molecule has 3 heterocycles. The number of amides is 2. The fourth-order valence-electron chi connectivity index (χ4n) is 4.25. The van der Waals surface area contributed by atoms with Crippen LogP contribution in [0.15, 0.2) is 24.4 Å². The summed E-state index contributed by atoms with van der Waals surface area (Å²) in [6.45, 7) is 4.04. The molecule has 0 unspecified atom stereocenters. The summed E-state index contributed by atoms with van der Waals surface area (Å²) in [6, 6.07) is 6.14. The van der Waals surface area contributed by atoms with E-state index in [0.717, 1.165) is 43.6 Å². The van der Waals surface area contributed by atoms with Gasteiger partial charge in [-0.05, 0) is 36.8 Å². The predicted molar refractivity (Wildman–Crippen MR) is 120 cm³/mol. The van der Waals surface area contributed by atoms with Crippen LogP contribution in [0.2, 0.25) is 5.02 Å². The Morgan fingerprint density at radius 3 is 2.84 bits per heavy atom. The van der Waals surface area contributed by atoms with Gasteiger partial charge in [-0.2, -0.15) is 0 Å². The Hall–Kier alpha value is -2.71. The van der Waals surface area contributed by atoms with Gasteiger partial charge in [0.05, 0.1) is 16.9 Å². The van der Waals surface area contributed by atoms with Gasteiger partial charge in [0, 0.05) is 43.0 Å². The van der Waals surface area contributed by atoms with E-state index < -0.39 is 0 Å². The zero-order chi connectivity index (χ0) is 22.2. The van der Waals surface area contributed by atoms with Crippen LogP contribution in [0.1, 0.15) is 42.1 Å². The fourth-order valence-corrected chi connectivity index (χ4v) is 4.45. The van der Waals surface area contributed by atoms with Crippen molar-refractivity contribution in [2.24, 2.45) is 5.92 Å². The van der Waals surface area contributed by atoms with Gasteiger partial charge in [-0.3, -0.25) is 9.59 Å². The Labute approximate surface area is 191 Å². The van der Waals surface area contributed by atoms with Crippen molar-refractivity contribution < 1.29 is 14.3 Å². The number of hydrogen-bond acceptors (Lipinski definition) is 6. The first kappa shape index (κ1) is 21.2. The summed E-state index contributed by atoms with van der Waals surface area (Å²) in [7, 11) is 0. The molecular weight excluding hydrogens is 430 g/mol. The van der Waals surface area contributed by atoms with E-state index in [-0.39, 0.29) is 30.4 Å². The van der Waals surface area contributed by atoms with Gasteiger partial charge in [-0.25, -0.2) is 9.97 Å². The number of hydrogen-bond donors (Lipinski definition) is 2. The van der Waals surface area contributed by atoms with Crippen molar-refractivity contribution in [1.29, 1.82) is 0 Å². The summed E-state index contributed by atoms with van der Waals surface area (Å²) in [5.74, 6) is 0.780. The summed E-state index contributed by atoms with van der Waals surface area (Å²) >= 11 is 6.40. The molecule has 2 fully saturated rings. The van der Waals surface area contributed by atoms with Gasteiger partial charge in [-0.1, -0.05) is 30.7 Å². The van der Waals surface area contributed by atoms with E-state index in [1.165, 1.54) is 0 Å². The van der Waals surface area contributed by atoms with Gasteiger partial charge >= 0.3 is 0 Å². The van der Waals surface area contributed by atoms with Crippen LogP contribution in [0.4, 0.5) is 5.95 Å². The molecule has 3 aliphatic rings. The highest BCUT2D eigenvalue weighted by atomic mass is 35.5. The van der Waals surface area contributed by atoms with E-state index in [4.69, 9.17) is 16.3 Å². The Morgan fingerprint density at radius 2 is 2.09 bits per heavy atom. The second kappa shape index (κ2) is 8.67. The third kappa shape index (κ3) is 4.42. The molecule has 5 rings (SSSR count).